The highest BCUT2D eigenvalue weighted by Crippen LogP contribution is 2.20. The fraction of sp³-hybridized carbons (Fsp3) is 0.421. The molecule has 154 valence electrons. The van der Waals surface area contributed by atoms with Crippen molar-refractivity contribution >= 4 is 40.1 Å². The highest BCUT2D eigenvalue weighted by molar-refractivity contribution is 6.30. The molecule has 0 radical (unpaired) electrons. The summed E-state index contributed by atoms with van der Waals surface area (Å²) < 4.78 is 4.13. The Morgan fingerprint density at radius 1 is 0.931 bits per heavy atom. The van der Waals surface area contributed by atoms with Crippen LogP contribution in [0.5, 0.6) is 0 Å². The number of anilines is 1. The summed E-state index contributed by atoms with van der Waals surface area (Å²) in [6, 6.07) is 7.89. The van der Waals surface area contributed by atoms with Crippen LogP contribution in [0.25, 0.3) is 11.2 Å². The fourth-order valence-corrected chi connectivity index (χ4v) is 4.12. The fourth-order valence-electron chi connectivity index (χ4n) is 3.75. The van der Waals surface area contributed by atoms with Crippen molar-refractivity contribution in [2.24, 2.45) is 14.1 Å². The molecule has 0 bridgehead atoms. The maximum Gasteiger partial charge on any atom is 0.332 e. The summed E-state index contributed by atoms with van der Waals surface area (Å²) in [4.78, 5) is 33.6. The van der Waals surface area contributed by atoms with E-state index in [9.17, 15) is 9.59 Å². The molecule has 0 spiro atoms. The van der Waals surface area contributed by atoms with Crippen LogP contribution in [0.2, 0.25) is 10.3 Å². The van der Waals surface area contributed by atoms with Crippen molar-refractivity contribution in [2.45, 2.75) is 6.54 Å². The smallest absolute Gasteiger partial charge is 0.332 e. The average molecular weight is 437 g/mol. The van der Waals surface area contributed by atoms with Gasteiger partial charge in [0, 0.05) is 64.1 Å². The van der Waals surface area contributed by atoms with Crippen LogP contribution >= 0.6 is 23.2 Å². The lowest BCUT2D eigenvalue weighted by atomic mass is 10.2. The molecule has 4 rings (SSSR count). The molecule has 3 heterocycles. The second-order valence-electron chi connectivity index (χ2n) is 7.22. The first-order valence-corrected chi connectivity index (χ1v) is 10.2. The second-order valence-corrected chi connectivity index (χ2v) is 7.99. The molecule has 3 aromatic rings. The third-order valence-corrected chi connectivity index (χ3v) is 6.05. The molecular formula is C19H22Cl2N6O2. The summed E-state index contributed by atoms with van der Waals surface area (Å²) in [5, 5.41) is 0.957. The monoisotopic (exact) mass is 436 g/mol. The van der Waals surface area contributed by atoms with E-state index in [1.807, 2.05) is 24.3 Å². The molecule has 2 aromatic heterocycles. The first-order chi connectivity index (χ1) is 13.9. The van der Waals surface area contributed by atoms with E-state index in [4.69, 9.17) is 23.2 Å². The van der Waals surface area contributed by atoms with Gasteiger partial charge in [-0.1, -0.05) is 11.6 Å². The van der Waals surface area contributed by atoms with Crippen molar-refractivity contribution in [3.8, 4) is 0 Å². The number of aryl methyl sites for hydroxylation is 1. The highest BCUT2D eigenvalue weighted by atomic mass is 35.5. The molecule has 1 aromatic carbocycles. The van der Waals surface area contributed by atoms with Gasteiger partial charge in [0.15, 0.2) is 11.2 Å². The minimum absolute atomic E-state index is 0.220. The number of hydrogen-bond donors (Lipinski definition) is 0. The number of nitrogens with zero attached hydrogens (tertiary/aromatic N) is 6. The number of piperazine rings is 1. The van der Waals surface area contributed by atoms with Gasteiger partial charge in [-0.3, -0.25) is 18.8 Å². The van der Waals surface area contributed by atoms with E-state index in [0.29, 0.717) is 17.7 Å². The van der Waals surface area contributed by atoms with E-state index in [0.717, 1.165) is 42.3 Å². The average Bonchev–Trinajstić information content (AvgIpc) is 3.06. The topological polar surface area (TPSA) is 68.3 Å². The third kappa shape index (κ3) is 3.68. The summed E-state index contributed by atoms with van der Waals surface area (Å²) >= 11 is 12.3. The van der Waals surface area contributed by atoms with Crippen LogP contribution < -0.4 is 16.1 Å². The molecule has 0 unspecified atom stereocenters. The number of benzene rings is 1. The Hall–Kier alpha value is -2.29. The number of imidazole rings is 1. The summed E-state index contributed by atoms with van der Waals surface area (Å²) in [6.07, 6.45) is 0. The number of rotatable bonds is 4. The maximum atomic E-state index is 12.6. The van der Waals surface area contributed by atoms with Gasteiger partial charge < -0.3 is 9.47 Å². The molecule has 29 heavy (non-hydrogen) atoms. The lowest BCUT2D eigenvalue weighted by Gasteiger charge is -2.36. The van der Waals surface area contributed by atoms with Crippen LogP contribution in [0.4, 0.5) is 5.69 Å². The predicted octanol–water partition coefficient (Wildman–Crippen LogP) is 1.56. The molecule has 0 atom stereocenters. The quantitative estimate of drug-likeness (QED) is 0.580. The standard InChI is InChI=1S/C19H22Cl2N6O2/c1-23-16-15(17(28)24(2)19(23)29)27(18(21)22-16)12-9-25-7-10-26(11-8-25)14-5-3-13(20)4-6-14/h3-6H,7-12H2,1-2H3. The number of halogens is 2. The van der Waals surface area contributed by atoms with Gasteiger partial charge in [0.05, 0.1) is 0 Å². The molecule has 0 aliphatic carbocycles. The molecule has 10 heteroatoms. The molecule has 1 fully saturated rings. The Balaban J connectivity index is 1.47. The van der Waals surface area contributed by atoms with Crippen molar-refractivity contribution in [3.05, 3.63) is 55.4 Å². The summed E-state index contributed by atoms with van der Waals surface area (Å²) in [5.74, 6) is 0. The van der Waals surface area contributed by atoms with E-state index in [2.05, 4.69) is 14.8 Å². The van der Waals surface area contributed by atoms with Crippen LogP contribution in [0.3, 0.4) is 0 Å². The molecule has 0 amide bonds. The van der Waals surface area contributed by atoms with E-state index in [1.54, 1.807) is 11.6 Å². The largest absolute Gasteiger partial charge is 0.369 e. The van der Waals surface area contributed by atoms with Gasteiger partial charge in [-0.25, -0.2) is 4.79 Å². The van der Waals surface area contributed by atoms with Crippen molar-refractivity contribution in [1.29, 1.82) is 0 Å². The van der Waals surface area contributed by atoms with Gasteiger partial charge in [-0.15, -0.1) is 0 Å². The second kappa shape index (κ2) is 7.85. The van der Waals surface area contributed by atoms with Crippen molar-refractivity contribution < 1.29 is 0 Å². The summed E-state index contributed by atoms with van der Waals surface area (Å²) in [5.41, 5.74) is 1.05. The Kier molecular flexibility index (Phi) is 5.42. The first-order valence-electron chi connectivity index (χ1n) is 9.41. The zero-order valence-corrected chi connectivity index (χ0v) is 17.8. The summed E-state index contributed by atoms with van der Waals surface area (Å²) in [6.45, 7) is 4.91. The molecule has 0 N–H and O–H groups in total. The van der Waals surface area contributed by atoms with Gasteiger partial charge in [0.1, 0.15) is 0 Å². The lowest BCUT2D eigenvalue weighted by molar-refractivity contribution is 0.249. The van der Waals surface area contributed by atoms with Crippen molar-refractivity contribution in [2.75, 3.05) is 37.6 Å². The Labute approximate surface area is 177 Å². The van der Waals surface area contributed by atoms with E-state index in [-0.39, 0.29) is 10.8 Å². The van der Waals surface area contributed by atoms with E-state index >= 15 is 0 Å². The van der Waals surface area contributed by atoms with Gasteiger partial charge in [0.25, 0.3) is 5.56 Å². The number of fused-ring (bicyclic) bond motifs is 1. The van der Waals surface area contributed by atoms with Gasteiger partial charge in [-0.2, -0.15) is 4.98 Å². The van der Waals surface area contributed by atoms with Crippen LogP contribution in [-0.2, 0) is 20.6 Å². The van der Waals surface area contributed by atoms with Crippen LogP contribution in [0.15, 0.2) is 33.9 Å². The molecule has 1 aliphatic rings. The SMILES string of the molecule is Cn1c(=O)c2c(nc(Cl)n2CCN2CCN(c3ccc(Cl)cc3)CC2)n(C)c1=O. The van der Waals surface area contributed by atoms with Gasteiger partial charge in [0.2, 0.25) is 5.28 Å². The van der Waals surface area contributed by atoms with Crippen molar-refractivity contribution in [3.63, 3.8) is 0 Å². The van der Waals surface area contributed by atoms with Crippen LogP contribution in [-0.4, -0.2) is 56.3 Å². The molecule has 0 saturated carbocycles. The maximum absolute atomic E-state index is 12.6. The highest BCUT2D eigenvalue weighted by Gasteiger charge is 2.20. The third-order valence-electron chi connectivity index (χ3n) is 5.51. The molecule has 8 nitrogen and oxygen atoms in total. The van der Waals surface area contributed by atoms with Crippen LogP contribution in [0.1, 0.15) is 0 Å². The lowest BCUT2D eigenvalue weighted by Crippen LogP contribution is -2.47. The number of hydrogen-bond acceptors (Lipinski definition) is 5. The molecule has 1 aliphatic heterocycles. The first kappa shape index (κ1) is 20.0. The Morgan fingerprint density at radius 2 is 1.59 bits per heavy atom. The zero-order chi connectivity index (χ0) is 20.7. The normalized spacial score (nSPS) is 15.4. The predicted molar refractivity (Wildman–Crippen MR) is 115 cm³/mol. The summed E-state index contributed by atoms with van der Waals surface area (Å²) in [7, 11) is 3.05. The number of aromatic nitrogens is 4. The van der Waals surface area contributed by atoms with Crippen LogP contribution in [0, 0.1) is 0 Å². The van der Waals surface area contributed by atoms with Gasteiger partial charge in [-0.05, 0) is 35.9 Å². The molecular weight excluding hydrogens is 415 g/mol. The van der Waals surface area contributed by atoms with E-state index < -0.39 is 5.69 Å². The Bertz CT molecular complexity index is 1160. The molecule has 1 saturated heterocycles. The zero-order valence-electron chi connectivity index (χ0n) is 16.3. The minimum Gasteiger partial charge on any atom is -0.369 e. The minimum atomic E-state index is -0.415. The van der Waals surface area contributed by atoms with Gasteiger partial charge >= 0.3 is 5.69 Å². The van der Waals surface area contributed by atoms with E-state index in [1.165, 1.54) is 17.3 Å². The van der Waals surface area contributed by atoms with Crippen molar-refractivity contribution in [1.82, 2.24) is 23.6 Å². The Morgan fingerprint density at radius 3 is 2.24 bits per heavy atom.